The highest BCUT2D eigenvalue weighted by Gasteiger charge is 2.23. The average molecular weight is 460 g/mol. The second kappa shape index (κ2) is 8.91. The molecule has 10 heteroatoms. The molecule has 4 aromatic rings. The number of pyridine rings is 1. The molecule has 0 saturated carbocycles. The van der Waals surface area contributed by atoms with E-state index in [0.717, 1.165) is 5.56 Å². The predicted molar refractivity (Wildman–Crippen MR) is 121 cm³/mol. The first-order valence-corrected chi connectivity index (χ1v) is 10.6. The third-order valence-electron chi connectivity index (χ3n) is 5.54. The molecule has 10 nitrogen and oxygen atoms in total. The van der Waals surface area contributed by atoms with Gasteiger partial charge in [-0.15, -0.1) is 0 Å². The van der Waals surface area contributed by atoms with E-state index in [-0.39, 0.29) is 25.7 Å². The van der Waals surface area contributed by atoms with Gasteiger partial charge in [0.15, 0.2) is 12.4 Å². The van der Waals surface area contributed by atoms with Crippen LogP contribution in [0.1, 0.15) is 28.4 Å². The molecule has 172 valence electrons. The fraction of sp³-hybridized carbons (Fsp3) is 0.208. The number of carbonyl (C=O) groups excluding carboxylic acids is 1. The lowest BCUT2D eigenvalue weighted by Gasteiger charge is -2.20. The highest BCUT2D eigenvalue weighted by atomic mass is 16.7. The summed E-state index contributed by atoms with van der Waals surface area (Å²) < 4.78 is 18.1. The van der Waals surface area contributed by atoms with Crippen molar-refractivity contribution in [2.75, 3.05) is 6.79 Å². The van der Waals surface area contributed by atoms with Crippen molar-refractivity contribution in [3.8, 4) is 17.0 Å². The number of benzene rings is 2. The van der Waals surface area contributed by atoms with Crippen LogP contribution in [0.2, 0.25) is 0 Å². The number of hydrogen-bond acceptors (Lipinski definition) is 8. The van der Waals surface area contributed by atoms with Crippen molar-refractivity contribution in [1.82, 2.24) is 14.8 Å². The minimum absolute atomic E-state index is 0.0212. The first-order chi connectivity index (χ1) is 16.5. The second-order valence-electron chi connectivity index (χ2n) is 7.66. The predicted octanol–water partition coefficient (Wildman–Crippen LogP) is 4.25. The molecule has 0 saturated heterocycles. The van der Waals surface area contributed by atoms with Gasteiger partial charge in [-0.1, -0.05) is 30.3 Å². The van der Waals surface area contributed by atoms with E-state index in [1.54, 1.807) is 16.9 Å². The largest absolute Gasteiger partial charge is 0.467 e. The number of non-ortho nitro benzene ring substituents is 1. The molecular weight excluding hydrogens is 440 g/mol. The molecule has 0 amide bonds. The van der Waals surface area contributed by atoms with Crippen molar-refractivity contribution in [3.63, 3.8) is 0 Å². The molecule has 0 bridgehead atoms. The number of esters is 1. The Labute approximate surface area is 193 Å². The molecule has 0 N–H and O–H groups in total. The maximum atomic E-state index is 13.2. The Balaban J connectivity index is 1.51. The van der Waals surface area contributed by atoms with Gasteiger partial charge < -0.3 is 14.2 Å². The number of hydrogen-bond donors (Lipinski definition) is 0. The molecule has 2 aromatic carbocycles. The van der Waals surface area contributed by atoms with Gasteiger partial charge in [-0.25, -0.2) is 14.5 Å². The second-order valence-corrected chi connectivity index (χ2v) is 7.66. The Morgan fingerprint density at radius 3 is 2.82 bits per heavy atom. The van der Waals surface area contributed by atoms with E-state index in [0.29, 0.717) is 45.7 Å². The van der Waals surface area contributed by atoms with Crippen LogP contribution in [0.4, 0.5) is 5.69 Å². The van der Waals surface area contributed by atoms with Crippen LogP contribution in [-0.4, -0.2) is 32.5 Å². The summed E-state index contributed by atoms with van der Waals surface area (Å²) in [6.45, 7) is 2.53. The first kappa shape index (κ1) is 21.5. The summed E-state index contributed by atoms with van der Waals surface area (Å²) in [6, 6.07) is 13.9. The van der Waals surface area contributed by atoms with Gasteiger partial charge in [-0.3, -0.25) is 10.1 Å². The number of fused-ring (bicyclic) bond motifs is 2. The van der Waals surface area contributed by atoms with Crippen molar-refractivity contribution in [3.05, 3.63) is 81.5 Å². The van der Waals surface area contributed by atoms with Crippen molar-refractivity contribution in [2.24, 2.45) is 0 Å². The fourth-order valence-electron chi connectivity index (χ4n) is 3.92. The van der Waals surface area contributed by atoms with E-state index < -0.39 is 10.9 Å². The van der Waals surface area contributed by atoms with Gasteiger partial charge >= 0.3 is 5.97 Å². The molecule has 0 fully saturated rings. The SMILES string of the molecule is CCn1ncc2c(C(=O)OCc3cc([N+](=O)[O-])cc4c3OCOC4)cc(-c3ccccc3)nc21. The maximum Gasteiger partial charge on any atom is 0.339 e. The minimum Gasteiger partial charge on any atom is -0.467 e. The number of nitrogens with zero attached hydrogens (tertiary/aromatic N) is 4. The zero-order chi connectivity index (χ0) is 23.7. The quantitative estimate of drug-likeness (QED) is 0.238. The van der Waals surface area contributed by atoms with Crippen molar-refractivity contribution >= 4 is 22.7 Å². The van der Waals surface area contributed by atoms with E-state index in [1.165, 1.54) is 12.1 Å². The fourth-order valence-corrected chi connectivity index (χ4v) is 3.92. The van der Waals surface area contributed by atoms with Gasteiger partial charge in [0.1, 0.15) is 12.4 Å². The van der Waals surface area contributed by atoms with Crippen LogP contribution >= 0.6 is 0 Å². The van der Waals surface area contributed by atoms with Crippen molar-refractivity contribution < 1.29 is 23.9 Å². The zero-order valence-corrected chi connectivity index (χ0v) is 18.3. The first-order valence-electron chi connectivity index (χ1n) is 10.6. The van der Waals surface area contributed by atoms with E-state index in [2.05, 4.69) is 5.10 Å². The Kier molecular flexibility index (Phi) is 5.64. The molecule has 3 heterocycles. The normalized spacial score (nSPS) is 12.7. The molecule has 0 unspecified atom stereocenters. The van der Waals surface area contributed by atoms with Crippen molar-refractivity contribution in [2.45, 2.75) is 26.7 Å². The van der Waals surface area contributed by atoms with Crippen LogP contribution in [0.3, 0.4) is 0 Å². The third-order valence-corrected chi connectivity index (χ3v) is 5.54. The highest BCUT2D eigenvalue weighted by molar-refractivity contribution is 6.03. The number of carbonyl (C=O) groups is 1. The lowest BCUT2D eigenvalue weighted by Crippen LogP contribution is -2.15. The summed E-state index contributed by atoms with van der Waals surface area (Å²) in [6.07, 6.45) is 1.59. The number of nitro groups is 1. The molecule has 0 atom stereocenters. The lowest BCUT2D eigenvalue weighted by molar-refractivity contribution is -0.385. The number of rotatable bonds is 6. The Hall–Kier alpha value is -4.31. The summed E-state index contributed by atoms with van der Waals surface area (Å²) in [5.41, 5.74) is 3.16. The van der Waals surface area contributed by atoms with Gasteiger partial charge in [0, 0.05) is 35.4 Å². The molecular formula is C24H20N4O6. The van der Waals surface area contributed by atoms with Crippen LogP contribution < -0.4 is 4.74 Å². The monoisotopic (exact) mass is 460 g/mol. The molecule has 34 heavy (non-hydrogen) atoms. The standard InChI is InChI=1S/C24H20N4O6/c1-2-27-23-20(11-25-27)19(10-21(26-23)15-6-4-3-5-7-15)24(29)33-13-17-9-18(28(30)31)8-16-12-32-14-34-22(16)17/h3-11H,2,12-14H2,1H3. The van der Waals surface area contributed by atoms with Gasteiger partial charge in [-0.05, 0) is 13.0 Å². The van der Waals surface area contributed by atoms with Gasteiger partial charge in [0.2, 0.25) is 0 Å². The minimum atomic E-state index is -0.590. The van der Waals surface area contributed by atoms with E-state index in [4.69, 9.17) is 19.2 Å². The van der Waals surface area contributed by atoms with Gasteiger partial charge in [0.05, 0.1) is 34.4 Å². The summed E-state index contributed by atoms with van der Waals surface area (Å²) in [4.78, 5) is 28.8. The molecule has 1 aliphatic heterocycles. The average Bonchev–Trinajstić information content (AvgIpc) is 3.30. The van der Waals surface area contributed by atoms with Crippen molar-refractivity contribution in [1.29, 1.82) is 0 Å². The molecule has 0 aliphatic carbocycles. The van der Waals surface area contributed by atoms with Gasteiger partial charge in [-0.2, -0.15) is 5.10 Å². The molecule has 2 aromatic heterocycles. The van der Waals surface area contributed by atoms with Gasteiger partial charge in [0.25, 0.3) is 5.69 Å². The zero-order valence-electron chi connectivity index (χ0n) is 18.3. The number of aryl methyl sites for hydroxylation is 1. The van der Waals surface area contributed by atoms with Crippen LogP contribution in [0.5, 0.6) is 5.75 Å². The number of aromatic nitrogens is 3. The maximum absolute atomic E-state index is 13.2. The van der Waals surface area contributed by atoms with Crippen LogP contribution in [-0.2, 0) is 29.2 Å². The Morgan fingerprint density at radius 2 is 2.06 bits per heavy atom. The van der Waals surface area contributed by atoms with Crippen LogP contribution in [0.15, 0.2) is 54.7 Å². The highest BCUT2D eigenvalue weighted by Crippen LogP contribution is 2.33. The topological polar surface area (TPSA) is 119 Å². The summed E-state index contributed by atoms with van der Waals surface area (Å²) >= 11 is 0. The van der Waals surface area contributed by atoms with Crippen LogP contribution in [0.25, 0.3) is 22.3 Å². The summed E-state index contributed by atoms with van der Waals surface area (Å²) in [7, 11) is 0. The number of ether oxygens (including phenoxy) is 3. The molecule has 5 rings (SSSR count). The third kappa shape index (κ3) is 3.95. The van der Waals surface area contributed by atoms with E-state index >= 15 is 0 Å². The Bertz CT molecular complexity index is 1400. The number of nitro benzene ring substituents is 1. The Morgan fingerprint density at radius 1 is 1.24 bits per heavy atom. The smallest absolute Gasteiger partial charge is 0.339 e. The summed E-state index contributed by atoms with van der Waals surface area (Å²) in [5, 5.41) is 16.3. The van der Waals surface area contributed by atoms with E-state index in [1.807, 2.05) is 37.3 Å². The molecule has 0 spiro atoms. The van der Waals surface area contributed by atoms with E-state index in [9.17, 15) is 14.9 Å². The molecule has 1 aliphatic rings. The molecule has 0 radical (unpaired) electrons. The summed E-state index contributed by atoms with van der Waals surface area (Å²) in [5.74, 6) is -0.152. The lowest BCUT2D eigenvalue weighted by atomic mass is 10.1. The van der Waals surface area contributed by atoms with Crippen LogP contribution in [0, 0.1) is 10.1 Å².